The fourth-order valence-corrected chi connectivity index (χ4v) is 1.97. The Morgan fingerprint density at radius 3 is 2.06 bits per heavy atom. The van der Waals surface area contributed by atoms with E-state index in [0.717, 1.165) is 12.1 Å². The van der Waals surface area contributed by atoms with Crippen LogP contribution in [0.3, 0.4) is 0 Å². The largest absolute Gasteiger partial charge is 0.325 e. The molecule has 0 fully saturated rings. The minimum absolute atomic E-state index is 0.0319. The van der Waals surface area contributed by atoms with Crippen LogP contribution in [-0.4, -0.2) is 26.9 Å². The van der Waals surface area contributed by atoms with Gasteiger partial charge in [0.1, 0.15) is 10.2 Å². The molecule has 0 aliphatic carbocycles. The summed E-state index contributed by atoms with van der Waals surface area (Å²) in [5, 5.41) is 21.0. The van der Waals surface area contributed by atoms with Crippen molar-refractivity contribution in [3.05, 3.63) is 32.4 Å². The first kappa shape index (κ1) is 17.1. The molecular weight excluding hydrogens is 299 g/mol. The molecule has 0 bridgehead atoms. The molecule has 1 N–H and O–H groups in total. The Balaban J connectivity index is 0.000000873. The summed E-state index contributed by atoms with van der Waals surface area (Å²) in [6.45, 7) is 0. The van der Waals surface area contributed by atoms with Crippen molar-refractivity contribution in [2.24, 2.45) is 0 Å². The SMILES string of the molecule is CSC.O=[N+]([O-])c1ccc(SO)c([N+](=O)[O-])c1P. The van der Waals surface area contributed by atoms with E-state index < -0.39 is 15.5 Å². The normalized spacial score (nSPS) is 9.33. The molecule has 1 rings (SSSR count). The standard InChI is InChI=1S/C6H5N2O5PS.C2H6S/c9-7(10)3-1-2-4(15-13)5(6(3)14)8(11)12;1-3-2/h1-2,13H,14H2;1-2H3. The van der Waals surface area contributed by atoms with Crippen LogP contribution >= 0.6 is 33.0 Å². The van der Waals surface area contributed by atoms with Gasteiger partial charge in [-0.25, -0.2) is 0 Å². The highest BCUT2D eigenvalue weighted by atomic mass is 32.2. The van der Waals surface area contributed by atoms with Gasteiger partial charge in [0.2, 0.25) is 0 Å². The van der Waals surface area contributed by atoms with Gasteiger partial charge in [-0.05, 0) is 18.6 Å². The Kier molecular flexibility index (Phi) is 7.85. The van der Waals surface area contributed by atoms with E-state index >= 15 is 0 Å². The average molecular weight is 310 g/mol. The number of benzene rings is 1. The van der Waals surface area contributed by atoms with Crippen LogP contribution in [0, 0.1) is 20.2 Å². The van der Waals surface area contributed by atoms with Gasteiger partial charge in [0.25, 0.3) is 11.4 Å². The van der Waals surface area contributed by atoms with Crippen LogP contribution in [0.5, 0.6) is 0 Å². The topological polar surface area (TPSA) is 107 Å². The van der Waals surface area contributed by atoms with Gasteiger partial charge in [0.15, 0.2) is 0 Å². The Hall–Kier alpha value is -0.890. The second-order valence-electron chi connectivity index (χ2n) is 2.86. The molecule has 1 aromatic rings. The summed E-state index contributed by atoms with van der Waals surface area (Å²) in [6.07, 6.45) is 4.08. The molecule has 0 aromatic heterocycles. The van der Waals surface area contributed by atoms with E-state index in [4.69, 9.17) is 4.55 Å². The van der Waals surface area contributed by atoms with Crippen LogP contribution in [0.1, 0.15) is 0 Å². The summed E-state index contributed by atoms with van der Waals surface area (Å²) in [4.78, 5) is 19.6. The molecule has 0 amide bonds. The third-order valence-corrected chi connectivity index (χ3v) is 2.73. The van der Waals surface area contributed by atoms with E-state index in [9.17, 15) is 20.2 Å². The Bertz CT molecular complexity index is 457. The number of thioether (sulfide) groups is 1. The van der Waals surface area contributed by atoms with Crippen molar-refractivity contribution in [2.45, 2.75) is 4.90 Å². The van der Waals surface area contributed by atoms with Gasteiger partial charge in [-0.15, -0.1) is 0 Å². The lowest BCUT2D eigenvalue weighted by atomic mass is 10.3. The second-order valence-corrected chi connectivity index (χ2v) is 4.88. The van der Waals surface area contributed by atoms with Crippen LogP contribution < -0.4 is 5.30 Å². The summed E-state index contributed by atoms with van der Waals surface area (Å²) < 4.78 is 8.75. The van der Waals surface area contributed by atoms with Crippen molar-refractivity contribution in [1.82, 2.24) is 0 Å². The lowest BCUT2D eigenvalue weighted by Gasteiger charge is -2.01. The lowest BCUT2D eigenvalue weighted by molar-refractivity contribution is -0.393. The van der Waals surface area contributed by atoms with Crippen molar-refractivity contribution < 1.29 is 14.4 Å². The van der Waals surface area contributed by atoms with Crippen LogP contribution in [0.15, 0.2) is 17.0 Å². The Morgan fingerprint density at radius 2 is 1.72 bits per heavy atom. The average Bonchev–Trinajstić information content (AvgIpc) is 2.28. The zero-order valence-electron chi connectivity index (χ0n) is 9.52. The minimum atomic E-state index is -0.770. The molecule has 0 aliphatic heterocycles. The first-order valence-electron chi connectivity index (χ1n) is 4.33. The molecule has 1 unspecified atom stereocenters. The number of nitrogens with zero attached hydrogens (tertiary/aromatic N) is 2. The van der Waals surface area contributed by atoms with Gasteiger partial charge in [-0.3, -0.25) is 20.2 Å². The molecule has 7 nitrogen and oxygen atoms in total. The van der Waals surface area contributed by atoms with E-state index in [1.54, 1.807) is 11.8 Å². The molecule has 0 saturated heterocycles. The van der Waals surface area contributed by atoms with Crippen molar-refractivity contribution in [1.29, 1.82) is 0 Å². The highest BCUT2D eigenvalue weighted by Gasteiger charge is 2.25. The molecule has 1 atom stereocenters. The molecule has 0 radical (unpaired) electrons. The van der Waals surface area contributed by atoms with Crippen LogP contribution in [0.2, 0.25) is 0 Å². The zero-order valence-corrected chi connectivity index (χ0v) is 12.3. The lowest BCUT2D eigenvalue weighted by Crippen LogP contribution is -2.08. The zero-order chi connectivity index (χ0) is 14.3. The van der Waals surface area contributed by atoms with Crippen molar-refractivity contribution in [2.75, 3.05) is 12.5 Å². The Labute approximate surface area is 114 Å². The molecular formula is C8H11N2O5PS2. The fourth-order valence-electron chi connectivity index (χ4n) is 0.999. The number of rotatable bonds is 3. The molecule has 0 saturated carbocycles. The monoisotopic (exact) mass is 310 g/mol. The summed E-state index contributed by atoms with van der Waals surface area (Å²) in [6, 6.07) is 2.24. The van der Waals surface area contributed by atoms with E-state index in [-0.39, 0.29) is 27.9 Å². The van der Waals surface area contributed by atoms with Crippen molar-refractivity contribution in [3.8, 4) is 0 Å². The number of nitro groups is 2. The van der Waals surface area contributed by atoms with Crippen molar-refractivity contribution >= 4 is 49.7 Å². The third-order valence-electron chi connectivity index (χ3n) is 1.63. The van der Waals surface area contributed by atoms with Crippen LogP contribution in [-0.2, 0) is 0 Å². The van der Waals surface area contributed by atoms with Gasteiger partial charge < -0.3 is 4.55 Å². The van der Waals surface area contributed by atoms with Gasteiger partial charge in [-0.2, -0.15) is 11.8 Å². The predicted molar refractivity (Wildman–Crippen MR) is 77.0 cm³/mol. The molecule has 18 heavy (non-hydrogen) atoms. The highest BCUT2D eigenvalue weighted by molar-refractivity contribution is 7.97. The number of hydrogen-bond donors (Lipinski definition) is 1. The molecule has 0 aliphatic rings. The predicted octanol–water partition coefficient (Wildman–Crippen LogP) is 2.55. The van der Waals surface area contributed by atoms with E-state index in [1.165, 1.54) is 0 Å². The van der Waals surface area contributed by atoms with Gasteiger partial charge >= 0.3 is 0 Å². The first-order chi connectivity index (χ1) is 8.40. The molecule has 0 heterocycles. The Morgan fingerprint density at radius 1 is 1.22 bits per heavy atom. The quantitative estimate of drug-likeness (QED) is 0.395. The van der Waals surface area contributed by atoms with E-state index in [1.807, 2.05) is 21.8 Å². The maximum absolute atomic E-state index is 10.6. The van der Waals surface area contributed by atoms with Crippen LogP contribution in [0.4, 0.5) is 11.4 Å². The molecule has 10 heteroatoms. The number of nitro benzene ring substituents is 2. The second kappa shape index (κ2) is 8.25. The summed E-state index contributed by atoms with van der Waals surface area (Å²) in [5.74, 6) is 0. The maximum atomic E-state index is 10.6. The highest BCUT2D eigenvalue weighted by Crippen LogP contribution is 2.30. The van der Waals surface area contributed by atoms with E-state index in [0.29, 0.717) is 0 Å². The molecule has 1 aromatic carbocycles. The molecule has 0 spiro atoms. The molecule has 100 valence electrons. The summed E-state index contributed by atoms with van der Waals surface area (Å²) in [7, 11) is 1.94. The maximum Gasteiger partial charge on any atom is 0.299 e. The van der Waals surface area contributed by atoms with Crippen LogP contribution in [0.25, 0.3) is 0 Å². The van der Waals surface area contributed by atoms with Gasteiger partial charge in [-0.1, -0.05) is 9.24 Å². The summed E-state index contributed by atoms with van der Waals surface area (Å²) in [5.41, 5.74) is -0.841. The smallest absolute Gasteiger partial charge is 0.299 e. The van der Waals surface area contributed by atoms with Gasteiger partial charge in [0.05, 0.1) is 9.85 Å². The van der Waals surface area contributed by atoms with Crippen molar-refractivity contribution in [3.63, 3.8) is 0 Å². The fraction of sp³-hybridized carbons (Fsp3) is 0.250. The minimum Gasteiger partial charge on any atom is -0.325 e. The first-order valence-corrected chi connectivity index (χ1v) is 7.31. The third kappa shape index (κ3) is 4.41. The van der Waals surface area contributed by atoms with Gasteiger partial charge in [0, 0.05) is 18.1 Å². The number of hydrogen-bond acceptors (Lipinski definition) is 7. The summed E-state index contributed by atoms with van der Waals surface area (Å²) >= 11 is 1.93. The van der Waals surface area contributed by atoms with E-state index in [2.05, 4.69) is 0 Å².